The molecule has 1 saturated heterocycles. The van der Waals surface area contributed by atoms with Gasteiger partial charge in [0.2, 0.25) is 5.95 Å². The molecule has 0 bridgehead atoms. The fourth-order valence-electron chi connectivity index (χ4n) is 3.68. The number of piperazine rings is 1. The average Bonchev–Trinajstić information content (AvgIpc) is 2.79. The number of anilines is 2. The summed E-state index contributed by atoms with van der Waals surface area (Å²) in [5.41, 5.74) is 2.62. The van der Waals surface area contributed by atoms with Gasteiger partial charge in [-0.2, -0.15) is 10.1 Å². The first-order valence-electron chi connectivity index (χ1n) is 10.3. The van der Waals surface area contributed by atoms with Crippen molar-refractivity contribution in [1.82, 2.24) is 20.1 Å². The van der Waals surface area contributed by atoms with Crippen molar-refractivity contribution in [2.75, 3.05) is 42.5 Å². The molecule has 1 aliphatic heterocycles. The van der Waals surface area contributed by atoms with E-state index in [1.807, 2.05) is 6.07 Å². The highest BCUT2D eigenvalue weighted by Crippen LogP contribution is 2.18. The molecule has 1 aromatic heterocycles. The number of hydrogen-bond acceptors (Lipinski definition) is 6. The maximum atomic E-state index is 4.83. The van der Waals surface area contributed by atoms with Gasteiger partial charge in [-0.3, -0.25) is 4.90 Å². The van der Waals surface area contributed by atoms with Crippen LogP contribution in [0.4, 0.5) is 11.8 Å². The fourth-order valence-corrected chi connectivity index (χ4v) is 3.68. The molecule has 29 heavy (non-hydrogen) atoms. The molecule has 1 fully saturated rings. The Morgan fingerprint density at radius 3 is 2.17 bits per heavy atom. The van der Waals surface area contributed by atoms with Crippen LogP contribution >= 0.6 is 0 Å². The van der Waals surface area contributed by atoms with E-state index in [1.54, 1.807) is 6.20 Å². The van der Waals surface area contributed by atoms with E-state index in [0.717, 1.165) is 51.6 Å². The monoisotopic (exact) mass is 388 g/mol. The molecule has 2 aromatic carbocycles. The van der Waals surface area contributed by atoms with Crippen LogP contribution in [0.5, 0.6) is 0 Å². The van der Waals surface area contributed by atoms with Gasteiger partial charge < -0.3 is 9.80 Å². The minimum atomic E-state index is 0.695. The summed E-state index contributed by atoms with van der Waals surface area (Å²) in [6, 6.07) is 21.1. The van der Waals surface area contributed by atoms with Crippen LogP contribution in [0.15, 0.2) is 66.9 Å². The van der Waals surface area contributed by atoms with Gasteiger partial charge in [-0.05, 0) is 18.1 Å². The zero-order chi connectivity index (χ0) is 19.9. The molecule has 0 amide bonds. The molecule has 0 radical (unpaired) electrons. The number of nitrogens with zero attached hydrogens (tertiary/aromatic N) is 6. The lowest BCUT2D eigenvalue weighted by molar-refractivity contribution is 0.249. The van der Waals surface area contributed by atoms with Gasteiger partial charge in [0.15, 0.2) is 5.82 Å². The number of hydrogen-bond donors (Lipinski definition) is 0. The summed E-state index contributed by atoms with van der Waals surface area (Å²) in [4.78, 5) is 11.8. The molecule has 0 unspecified atom stereocenters. The summed E-state index contributed by atoms with van der Waals surface area (Å²) in [6.07, 6.45) is 1.78. The first-order chi connectivity index (χ1) is 14.3. The Morgan fingerprint density at radius 2 is 1.52 bits per heavy atom. The summed E-state index contributed by atoms with van der Waals surface area (Å²) in [7, 11) is 0. The van der Waals surface area contributed by atoms with Crippen molar-refractivity contribution in [3.8, 4) is 0 Å². The topological polar surface area (TPSA) is 48.4 Å². The molecule has 0 spiro atoms. The number of benzene rings is 2. The van der Waals surface area contributed by atoms with Gasteiger partial charge in [-0.25, -0.2) is 0 Å². The van der Waals surface area contributed by atoms with Crippen molar-refractivity contribution in [2.45, 2.75) is 20.0 Å². The number of rotatable bonds is 7. The molecule has 0 N–H and O–H groups in total. The van der Waals surface area contributed by atoms with Crippen LogP contribution in [-0.2, 0) is 13.1 Å². The van der Waals surface area contributed by atoms with Crippen molar-refractivity contribution < 1.29 is 0 Å². The molecule has 150 valence electrons. The van der Waals surface area contributed by atoms with Crippen LogP contribution in [-0.4, -0.2) is 52.8 Å². The molecule has 0 atom stereocenters. The lowest BCUT2D eigenvalue weighted by atomic mass is 10.2. The van der Waals surface area contributed by atoms with Gasteiger partial charge in [0.25, 0.3) is 0 Å². The van der Waals surface area contributed by atoms with Crippen molar-refractivity contribution in [3.05, 3.63) is 78.0 Å². The van der Waals surface area contributed by atoms with Gasteiger partial charge in [-0.1, -0.05) is 60.7 Å². The van der Waals surface area contributed by atoms with E-state index in [-0.39, 0.29) is 0 Å². The molecular weight excluding hydrogens is 360 g/mol. The molecule has 6 nitrogen and oxygen atoms in total. The molecular formula is C23H28N6. The summed E-state index contributed by atoms with van der Waals surface area (Å²) in [6.45, 7) is 8.71. The third-order valence-electron chi connectivity index (χ3n) is 5.36. The summed E-state index contributed by atoms with van der Waals surface area (Å²) in [5, 5.41) is 8.55. The van der Waals surface area contributed by atoms with Crippen LogP contribution in [0.2, 0.25) is 0 Å². The molecule has 0 aliphatic carbocycles. The Hall–Kier alpha value is -2.99. The van der Waals surface area contributed by atoms with Crippen LogP contribution in [0.25, 0.3) is 0 Å². The van der Waals surface area contributed by atoms with E-state index in [2.05, 4.69) is 86.4 Å². The van der Waals surface area contributed by atoms with E-state index in [1.165, 1.54) is 11.1 Å². The molecule has 4 rings (SSSR count). The van der Waals surface area contributed by atoms with E-state index in [0.29, 0.717) is 5.95 Å². The van der Waals surface area contributed by atoms with Crippen LogP contribution < -0.4 is 9.80 Å². The Kier molecular flexibility index (Phi) is 6.32. The second-order valence-corrected chi connectivity index (χ2v) is 7.36. The molecule has 0 saturated carbocycles. The third-order valence-corrected chi connectivity index (χ3v) is 5.36. The van der Waals surface area contributed by atoms with Crippen molar-refractivity contribution >= 4 is 11.8 Å². The maximum absolute atomic E-state index is 4.83. The zero-order valence-electron chi connectivity index (χ0n) is 17.0. The summed E-state index contributed by atoms with van der Waals surface area (Å²) < 4.78 is 0. The largest absolute Gasteiger partial charge is 0.353 e. The Bertz CT molecular complexity index is 878. The minimum Gasteiger partial charge on any atom is -0.353 e. The predicted octanol–water partition coefficient (Wildman–Crippen LogP) is 3.22. The van der Waals surface area contributed by atoms with Crippen LogP contribution in [0.3, 0.4) is 0 Å². The van der Waals surface area contributed by atoms with Gasteiger partial charge in [-0.15, -0.1) is 5.10 Å². The van der Waals surface area contributed by atoms with Crippen LogP contribution in [0.1, 0.15) is 18.1 Å². The first-order valence-corrected chi connectivity index (χ1v) is 10.3. The fraction of sp³-hybridized carbons (Fsp3) is 0.348. The standard InChI is InChI=1S/C23H28N6/c1-2-28(19-21-11-7-4-8-12-21)23-25-22(17-24-26-23)29-15-13-27(14-16-29)18-20-9-5-3-6-10-20/h3-12,17H,2,13-16,18-19H2,1H3. The molecule has 1 aliphatic rings. The molecule has 2 heterocycles. The summed E-state index contributed by atoms with van der Waals surface area (Å²) in [5.74, 6) is 1.61. The van der Waals surface area contributed by atoms with E-state index in [9.17, 15) is 0 Å². The average molecular weight is 389 g/mol. The van der Waals surface area contributed by atoms with Crippen molar-refractivity contribution in [3.63, 3.8) is 0 Å². The molecule has 6 heteroatoms. The minimum absolute atomic E-state index is 0.695. The lowest BCUT2D eigenvalue weighted by Gasteiger charge is -2.35. The second-order valence-electron chi connectivity index (χ2n) is 7.36. The van der Waals surface area contributed by atoms with E-state index in [4.69, 9.17) is 4.98 Å². The lowest BCUT2D eigenvalue weighted by Crippen LogP contribution is -2.46. The Morgan fingerprint density at radius 1 is 0.862 bits per heavy atom. The highest BCUT2D eigenvalue weighted by atomic mass is 15.4. The predicted molar refractivity (Wildman–Crippen MR) is 117 cm³/mol. The quantitative estimate of drug-likeness (QED) is 0.619. The van der Waals surface area contributed by atoms with Crippen molar-refractivity contribution in [1.29, 1.82) is 0 Å². The third kappa shape index (κ3) is 5.09. The Balaban J connectivity index is 1.38. The smallest absolute Gasteiger partial charge is 0.247 e. The van der Waals surface area contributed by atoms with Gasteiger partial charge >= 0.3 is 0 Å². The second kappa shape index (κ2) is 9.47. The van der Waals surface area contributed by atoms with Gasteiger partial charge in [0, 0.05) is 45.8 Å². The zero-order valence-corrected chi connectivity index (χ0v) is 17.0. The first kappa shape index (κ1) is 19.3. The summed E-state index contributed by atoms with van der Waals surface area (Å²) >= 11 is 0. The van der Waals surface area contributed by atoms with Crippen molar-refractivity contribution in [2.24, 2.45) is 0 Å². The van der Waals surface area contributed by atoms with Crippen LogP contribution in [0, 0.1) is 0 Å². The Labute approximate surface area is 172 Å². The SMILES string of the molecule is CCN(Cc1ccccc1)c1nncc(N2CCN(Cc3ccccc3)CC2)n1. The molecule has 3 aromatic rings. The highest BCUT2D eigenvalue weighted by Gasteiger charge is 2.20. The van der Waals surface area contributed by atoms with Gasteiger partial charge in [0.05, 0.1) is 6.20 Å². The van der Waals surface area contributed by atoms with E-state index >= 15 is 0 Å². The highest BCUT2D eigenvalue weighted by molar-refractivity contribution is 5.42. The normalized spacial score (nSPS) is 14.7. The van der Waals surface area contributed by atoms with E-state index < -0.39 is 0 Å². The number of aromatic nitrogens is 3. The van der Waals surface area contributed by atoms with Gasteiger partial charge in [0.1, 0.15) is 0 Å². The maximum Gasteiger partial charge on any atom is 0.247 e.